The lowest BCUT2D eigenvalue weighted by atomic mass is 9.85. The summed E-state index contributed by atoms with van der Waals surface area (Å²) in [5.41, 5.74) is -0.509. The van der Waals surface area contributed by atoms with Crippen molar-refractivity contribution in [3.8, 4) is 5.75 Å². The summed E-state index contributed by atoms with van der Waals surface area (Å²) in [7, 11) is 0. The van der Waals surface area contributed by atoms with Crippen LogP contribution in [0.1, 0.15) is 26.7 Å². The zero-order valence-electron chi connectivity index (χ0n) is 17.4. The molecule has 2 aliphatic heterocycles. The number of amides is 5. The van der Waals surface area contributed by atoms with E-state index in [4.69, 9.17) is 4.74 Å². The highest BCUT2D eigenvalue weighted by Crippen LogP contribution is 2.37. The number of anilines is 1. The molecule has 0 unspecified atom stereocenters. The van der Waals surface area contributed by atoms with Gasteiger partial charge in [-0.2, -0.15) is 0 Å². The van der Waals surface area contributed by atoms with Gasteiger partial charge in [0.05, 0.1) is 24.1 Å². The molecule has 31 heavy (non-hydrogen) atoms. The Hall–Kier alpha value is -3.20. The van der Waals surface area contributed by atoms with Crippen LogP contribution in [-0.4, -0.2) is 58.6 Å². The van der Waals surface area contributed by atoms with Gasteiger partial charge in [-0.25, -0.2) is 4.79 Å². The molecule has 3 aliphatic rings. The lowest BCUT2D eigenvalue weighted by molar-refractivity contribution is -0.131. The van der Waals surface area contributed by atoms with Crippen molar-refractivity contribution in [1.29, 1.82) is 0 Å². The van der Waals surface area contributed by atoms with Crippen LogP contribution in [0, 0.1) is 11.8 Å². The van der Waals surface area contributed by atoms with E-state index < -0.39 is 23.6 Å². The highest BCUT2D eigenvalue weighted by Gasteiger charge is 2.48. The first kappa shape index (κ1) is 21.0. The number of nitrogens with zero attached hydrogens (tertiary/aromatic N) is 2. The van der Waals surface area contributed by atoms with Crippen LogP contribution in [0.4, 0.5) is 10.5 Å². The van der Waals surface area contributed by atoms with E-state index in [0.717, 1.165) is 4.90 Å². The molecule has 9 nitrogen and oxygen atoms in total. The molecule has 0 spiro atoms. The van der Waals surface area contributed by atoms with Gasteiger partial charge in [-0.1, -0.05) is 12.2 Å². The largest absolute Gasteiger partial charge is 0.491 e. The Kier molecular flexibility index (Phi) is 5.30. The Bertz CT molecular complexity index is 928. The SMILES string of the molecule is CC1(C)NC(=O)N(C[C@@H](O)COc2ccc(N3C(=O)[C@H]4CC=CC[C@H]4C3=O)cc2)C1=O. The molecule has 0 aromatic heterocycles. The summed E-state index contributed by atoms with van der Waals surface area (Å²) in [5.74, 6) is -0.923. The molecular weight excluding hydrogens is 402 g/mol. The minimum absolute atomic E-state index is 0.131. The van der Waals surface area contributed by atoms with E-state index >= 15 is 0 Å². The molecule has 1 aromatic carbocycles. The van der Waals surface area contributed by atoms with Gasteiger partial charge < -0.3 is 15.2 Å². The number of aliphatic hydroxyl groups is 1. The highest BCUT2D eigenvalue weighted by molar-refractivity contribution is 6.22. The number of aliphatic hydroxyl groups excluding tert-OH is 1. The average Bonchev–Trinajstić information content (AvgIpc) is 3.11. The molecule has 4 rings (SSSR count). The molecule has 0 radical (unpaired) electrons. The second-order valence-corrected chi connectivity index (χ2v) is 8.60. The van der Waals surface area contributed by atoms with Gasteiger partial charge in [0, 0.05) is 0 Å². The first-order valence-corrected chi connectivity index (χ1v) is 10.3. The summed E-state index contributed by atoms with van der Waals surface area (Å²) in [6, 6.07) is 5.93. The Morgan fingerprint density at radius 2 is 1.65 bits per heavy atom. The van der Waals surface area contributed by atoms with Crippen LogP contribution in [0.3, 0.4) is 0 Å². The molecule has 2 saturated heterocycles. The van der Waals surface area contributed by atoms with Crippen molar-refractivity contribution < 1.29 is 29.0 Å². The summed E-state index contributed by atoms with van der Waals surface area (Å²) >= 11 is 0. The maximum absolute atomic E-state index is 12.7. The number of carbonyl (C=O) groups excluding carboxylic acids is 4. The van der Waals surface area contributed by atoms with E-state index in [-0.39, 0.29) is 36.8 Å². The van der Waals surface area contributed by atoms with Crippen LogP contribution in [0.15, 0.2) is 36.4 Å². The van der Waals surface area contributed by atoms with Crippen molar-refractivity contribution in [3.05, 3.63) is 36.4 Å². The second-order valence-electron chi connectivity index (χ2n) is 8.60. The van der Waals surface area contributed by atoms with Gasteiger partial charge >= 0.3 is 6.03 Å². The quantitative estimate of drug-likeness (QED) is 0.401. The summed E-state index contributed by atoms with van der Waals surface area (Å²) in [6.07, 6.45) is 3.98. The molecule has 1 aromatic rings. The van der Waals surface area contributed by atoms with Gasteiger partial charge in [0.25, 0.3) is 5.91 Å². The smallest absolute Gasteiger partial charge is 0.325 e. The number of β-amino-alcohol motifs (C(OH)–C–C–N with tert-alkyl or cyclic N) is 1. The lowest BCUT2D eigenvalue weighted by Crippen LogP contribution is -2.42. The molecule has 0 saturated carbocycles. The van der Waals surface area contributed by atoms with Crippen LogP contribution < -0.4 is 15.0 Å². The minimum atomic E-state index is -1.07. The first-order valence-electron chi connectivity index (χ1n) is 10.3. The topological polar surface area (TPSA) is 116 Å². The maximum atomic E-state index is 12.7. The fourth-order valence-electron chi connectivity index (χ4n) is 4.19. The van der Waals surface area contributed by atoms with Crippen LogP contribution >= 0.6 is 0 Å². The van der Waals surface area contributed by atoms with Gasteiger partial charge in [-0.3, -0.25) is 24.2 Å². The van der Waals surface area contributed by atoms with Gasteiger partial charge in [-0.05, 0) is 51.0 Å². The van der Waals surface area contributed by atoms with Gasteiger partial charge in [0.1, 0.15) is 24.0 Å². The number of allylic oxidation sites excluding steroid dienone is 2. The number of fused-ring (bicyclic) bond motifs is 1. The summed E-state index contributed by atoms with van der Waals surface area (Å²) in [6.45, 7) is 2.88. The standard InChI is InChI=1S/C22H25N3O6/c1-22(2)20(29)24(21(30)23-22)11-14(26)12-31-15-9-7-13(8-10-15)25-18(27)16-5-3-4-6-17(16)19(25)28/h3-4,7-10,14,16-17,26H,5-6,11-12H2,1-2H3,(H,23,30)/t14-,16-,17+/m1/s1. The summed E-state index contributed by atoms with van der Waals surface area (Å²) < 4.78 is 5.55. The number of imide groups is 2. The van der Waals surface area contributed by atoms with E-state index in [2.05, 4.69) is 5.32 Å². The molecule has 2 N–H and O–H groups in total. The van der Waals surface area contributed by atoms with Gasteiger partial charge in [-0.15, -0.1) is 0 Å². The van der Waals surface area contributed by atoms with E-state index in [9.17, 15) is 24.3 Å². The summed E-state index contributed by atoms with van der Waals surface area (Å²) in [5, 5.41) is 12.7. The Labute approximate surface area is 179 Å². The zero-order valence-corrected chi connectivity index (χ0v) is 17.4. The molecule has 2 fully saturated rings. The van der Waals surface area contributed by atoms with Crippen molar-refractivity contribution in [1.82, 2.24) is 10.2 Å². The number of urea groups is 1. The van der Waals surface area contributed by atoms with Crippen LogP contribution in [0.25, 0.3) is 0 Å². The van der Waals surface area contributed by atoms with E-state index in [1.165, 1.54) is 4.90 Å². The Balaban J connectivity index is 1.34. The molecule has 9 heteroatoms. The molecule has 2 heterocycles. The Morgan fingerprint density at radius 3 is 2.16 bits per heavy atom. The fourth-order valence-corrected chi connectivity index (χ4v) is 4.19. The third kappa shape index (κ3) is 3.81. The monoisotopic (exact) mass is 427 g/mol. The van der Waals surface area contributed by atoms with E-state index in [0.29, 0.717) is 24.3 Å². The van der Waals surface area contributed by atoms with Gasteiger partial charge in [0.2, 0.25) is 11.8 Å². The zero-order chi connectivity index (χ0) is 22.3. The fraction of sp³-hybridized carbons (Fsp3) is 0.455. The third-order valence-electron chi connectivity index (χ3n) is 5.88. The molecule has 3 atom stereocenters. The Morgan fingerprint density at radius 1 is 1.06 bits per heavy atom. The maximum Gasteiger partial charge on any atom is 0.325 e. The number of rotatable bonds is 6. The van der Waals surface area contributed by atoms with E-state index in [1.54, 1.807) is 38.1 Å². The van der Waals surface area contributed by atoms with Crippen LogP contribution in [0.5, 0.6) is 5.75 Å². The van der Waals surface area contributed by atoms with Crippen LogP contribution in [0.2, 0.25) is 0 Å². The van der Waals surface area contributed by atoms with Crippen LogP contribution in [-0.2, 0) is 14.4 Å². The molecule has 1 aliphatic carbocycles. The third-order valence-corrected chi connectivity index (χ3v) is 5.88. The van der Waals surface area contributed by atoms with Crippen molar-refractivity contribution in [2.45, 2.75) is 38.3 Å². The lowest BCUT2D eigenvalue weighted by Gasteiger charge is -2.20. The molecule has 0 bridgehead atoms. The average molecular weight is 427 g/mol. The second kappa shape index (κ2) is 7.81. The molecule has 164 valence electrons. The number of ether oxygens (including phenoxy) is 1. The number of benzene rings is 1. The predicted octanol–water partition coefficient (Wildman–Crippen LogP) is 1.21. The number of hydrogen-bond donors (Lipinski definition) is 2. The first-order chi connectivity index (χ1) is 14.7. The summed E-state index contributed by atoms with van der Waals surface area (Å²) in [4.78, 5) is 51.6. The van der Waals surface area contributed by atoms with Crippen molar-refractivity contribution in [3.63, 3.8) is 0 Å². The minimum Gasteiger partial charge on any atom is -0.491 e. The highest BCUT2D eigenvalue weighted by atomic mass is 16.5. The number of hydrogen-bond acceptors (Lipinski definition) is 6. The number of nitrogens with one attached hydrogen (secondary N) is 1. The predicted molar refractivity (Wildman–Crippen MR) is 110 cm³/mol. The normalized spacial score (nSPS) is 25.6. The van der Waals surface area contributed by atoms with E-state index in [1.807, 2.05) is 12.2 Å². The number of carbonyl (C=O) groups is 4. The van der Waals surface area contributed by atoms with Gasteiger partial charge in [0.15, 0.2) is 0 Å². The molecular formula is C22H25N3O6. The van der Waals surface area contributed by atoms with Crippen molar-refractivity contribution >= 4 is 29.4 Å². The van der Waals surface area contributed by atoms with Crippen molar-refractivity contribution in [2.24, 2.45) is 11.8 Å². The van der Waals surface area contributed by atoms with Crippen molar-refractivity contribution in [2.75, 3.05) is 18.1 Å². The molecule has 5 amide bonds.